The number of amides is 1. The number of aromatic nitrogens is 1. The van der Waals surface area contributed by atoms with Crippen LogP contribution in [-0.4, -0.2) is 30.9 Å². The van der Waals surface area contributed by atoms with Gasteiger partial charge in [0.05, 0.1) is 19.9 Å². The Hall–Kier alpha value is -3.87. The van der Waals surface area contributed by atoms with Crippen LogP contribution in [0.15, 0.2) is 60.8 Å². The molecule has 1 amide bonds. The zero-order chi connectivity index (χ0) is 20.8. The lowest BCUT2D eigenvalue weighted by atomic mass is 10.1. The third kappa shape index (κ3) is 4.90. The Bertz CT molecular complexity index is 1030. The summed E-state index contributed by atoms with van der Waals surface area (Å²) < 4.78 is 10.5. The number of hydrogen-bond acceptors (Lipinski definition) is 6. The molecule has 29 heavy (non-hydrogen) atoms. The van der Waals surface area contributed by atoms with E-state index in [0.717, 1.165) is 5.69 Å². The third-order valence-electron chi connectivity index (χ3n) is 4.23. The molecular weight excluding hydrogens is 370 g/mol. The van der Waals surface area contributed by atoms with Gasteiger partial charge in [0.2, 0.25) is 0 Å². The van der Waals surface area contributed by atoms with E-state index in [1.54, 1.807) is 67.9 Å². The number of anilines is 3. The van der Waals surface area contributed by atoms with Gasteiger partial charge in [0, 0.05) is 29.2 Å². The summed E-state index contributed by atoms with van der Waals surface area (Å²) in [6, 6.07) is 15.6. The van der Waals surface area contributed by atoms with Crippen molar-refractivity contribution in [3.05, 3.63) is 72.1 Å². The minimum atomic E-state index is -0.382. The highest BCUT2D eigenvalue weighted by Gasteiger charge is 2.13. The highest BCUT2D eigenvalue weighted by atomic mass is 16.5. The van der Waals surface area contributed by atoms with Crippen molar-refractivity contribution in [2.75, 3.05) is 24.9 Å². The minimum absolute atomic E-state index is 0.00684. The van der Waals surface area contributed by atoms with Crippen molar-refractivity contribution in [1.29, 1.82) is 0 Å². The Morgan fingerprint density at radius 3 is 2.31 bits per heavy atom. The lowest BCUT2D eigenvalue weighted by molar-refractivity contribution is 0.101. The maximum Gasteiger partial charge on any atom is 0.274 e. The van der Waals surface area contributed by atoms with Crippen LogP contribution in [0.5, 0.6) is 11.5 Å². The standard InChI is InChI=1S/C22H21N3O4/c1-14(26)15-4-6-16(7-5-15)24-17-10-11-23-20(12-17)22(27)25-19-13-18(28-2)8-9-21(19)29-3/h4-13H,1-3H3,(H,23,24)(H,25,27). The molecule has 2 N–H and O–H groups in total. The number of benzene rings is 2. The molecule has 0 saturated carbocycles. The van der Waals surface area contributed by atoms with E-state index in [2.05, 4.69) is 15.6 Å². The van der Waals surface area contributed by atoms with Gasteiger partial charge in [0.25, 0.3) is 5.91 Å². The molecule has 0 radical (unpaired) electrons. The normalized spacial score (nSPS) is 10.2. The molecule has 3 aromatic rings. The molecule has 0 fully saturated rings. The summed E-state index contributed by atoms with van der Waals surface area (Å²) in [6.07, 6.45) is 1.55. The molecule has 7 nitrogen and oxygen atoms in total. The predicted octanol–water partition coefficient (Wildman–Crippen LogP) is 4.30. The topological polar surface area (TPSA) is 89.5 Å². The van der Waals surface area contributed by atoms with Gasteiger partial charge >= 0.3 is 0 Å². The zero-order valence-electron chi connectivity index (χ0n) is 16.4. The van der Waals surface area contributed by atoms with E-state index >= 15 is 0 Å². The van der Waals surface area contributed by atoms with E-state index in [4.69, 9.17) is 9.47 Å². The van der Waals surface area contributed by atoms with Gasteiger partial charge in [-0.05, 0) is 55.5 Å². The van der Waals surface area contributed by atoms with Crippen LogP contribution < -0.4 is 20.1 Å². The molecule has 148 valence electrons. The molecule has 1 aromatic heterocycles. The third-order valence-corrected chi connectivity index (χ3v) is 4.23. The number of rotatable bonds is 7. The first-order chi connectivity index (χ1) is 14.0. The summed E-state index contributed by atoms with van der Waals surface area (Å²) in [7, 11) is 3.07. The monoisotopic (exact) mass is 391 g/mol. The van der Waals surface area contributed by atoms with Crippen LogP contribution in [0.25, 0.3) is 0 Å². The lowest BCUT2D eigenvalue weighted by Crippen LogP contribution is -2.14. The second kappa shape index (κ2) is 8.88. The van der Waals surface area contributed by atoms with E-state index in [9.17, 15) is 9.59 Å². The fourth-order valence-corrected chi connectivity index (χ4v) is 2.69. The number of carbonyl (C=O) groups excluding carboxylic acids is 2. The number of pyridine rings is 1. The summed E-state index contributed by atoms with van der Waals surface area (Å²) in [5.41, 5.74) is 2.84. The molecule has 0 saturated heterocycles. The number of ketones is 1. The van der Waals surface area contributed by atoms with Crippen LogP contribution in [0, 0.1) is 0 Å². The number of Topliss-reactive ketones (excluding diaryl/α,β-unsaturated/α-hetero) is 1. The smallest absolute Gasteiger partial charge is 0.274 e. The fraction of sp³-hybridized carbons (Fsp3) is 0.136. The second-order valence-electron chi connectivity index (χ2n) is 6.21. The molecule has 1 heterocycles. The Balaban J connectivity index is 1.77. The maximum atomic E-state index is 12.7. The van der Waals surface area contributed by atoms with Crippen molar-refractivity contribution in [2.45, 2.75) is 6.92 Å². The van der Waals surface area contributed by atoms with E-state index in [0.29, 0.717) is 28.4 Å². The minimum Gasteiger partial charge on any atom is -0.497 e. The summed E-state index contributed by atoms with van der Waals surface area (Å²) in [5.74, 6) is 0.733. The summed E-state index contributed by atoms with van der Waals surface area (Å²) in [4.78, 5) is 28.2. The molecule has 3 rings (SSSR count). The SMILES string of the molecule is COc1ccc(OC)c(NC(=O)c2cc(Nc3ccc(C(C)=O)cc3)ccn2)c1. The van der Waals surface area contributed by atoms with Gasteiger partial charge in [-0.3, -0.25) is 14.6 Å². The van der Waals surface area contributed by atoms with Crippen LogP contribution in [-0.2, 0) is 0 Å². The average Bonchev–Trinajstić information content (AvgIpc) is 2.74. The number of methoxy groups -OCH3 is 2. The van der Waals surface area contributed by atoms with Crippen LogP contribution in [0.1, 0.15) is 27.8 Å². The van der Waals surface area contributed by atoms with Gasteiger partial charge in [-0.1, -0.05) is 0 Å². The largest absolute Gasteiger partial charge is 0.497 e. The van der Waals surface area contributed by atoms with Crippen LogP contribution >= 0.6 is 0 Å². The van der Waals surface area contributed by atoms with Gasteiger partial charge in [0.15, 0.2) is 5.78 Å². The number of carbonyl (C=O) groups is 2. The van der Waals surface area contributed by atoms with Crippen molar-refractivity contribution in [3.8, 4) is 11.5 Å². The Labute approximate surface area is 168 Å². The first kappa shape index (κ1) is 19.9. The highest BCUT2D eigenvalue weighted by Crippen LogP contribution is 2.29. The molecular formula is C22H21N3O4. The molecule has 0 unspecified atom stereocenters. The van der Waals surface area contributed by atoms with E-state index in [1.165, 1.54) is 14.0 Å². The first-order valence-electron chi connectivity index (χ1n) is 8.87. The number of nitrogens with one attached hydrogen (secondary N) is 2. The number of hydrogen-bond donors (Lipinski definition) is 2. The zero-order valence-corrected chi connectivity index (χ0v) is 16.4. The van der Waals surface area contributed by atoms with E-state index in [1.807, 2.05) is 0 Å². The molecule has 0 aliphatic carbocycles. The van der Waals surface area contributed by atoms with Gasteiger partial charge < -0.3 is 20.1 Å². The van der Waals surface area contributed by atoms with Crippen molar-refractivity contribution in [3.63, 3.8) is 0 Å². The summed E-state index contributed by atoms with van der Waals surface area (Å²) in [6.45, 7) is 1.52. The highest BCUT2D eigenvalue weighted by molar-refractivity contribution is 6.04. The summed E-state index contributed by atoms with van der Waals surface area (Å²) in [5, 5.41) is 5.99. The van der Waals surface area contributed by atoms with Gasteiger partial charge in [-0.15, -0.1) is 0 Å². The van der Waals surface area contributed by atoms with E-state index in [-0.39, 0.29) is 17.4 Å². The quantitative estimate of drug-likeness (QED) is 0.584. The average molecular weight is 391 g/mol. The van der Waals surface area contributed by atoms with Crippen molar-refractivity contribution < 1.29 is 19.1 Å². The molecule has 0 spiro atoms. The van der Waals surface area contributed by atoms with Crippen LogP contribution in [0.4, 0.5) is 17.1 Å². The second-order valence-corrected chi connectivity index (χ2v) is 6.21. The molecule has 7 heteroatoms. The Kier molecular flexibility index (Phi) is 6.09. The number of ether oxygens (including phenoxy) is 2. The molecule has 0 atom stereocenters. The fourth-order valence-electron chi connectivity index (χ4n) is 2.69. The van der Waals surface area contributed by atoms with E-state index < -0.39 is 0 Å². The lowest BCUT2D eigenvalue weighted by Gasteiger charge is -2.12. The van der Waals surface area contributed by atoms with Gasteiger partial charge in [-0.25, -0.2) is 0 Å². The van der Waals surface area contributed by atoms with Gasteiger partial charge in [0.1, 0.15) is 17.2 Å². The van der Waals surface area contributed by atoms with Crippen molar-refractivity contribution >= 4 is 28.8 Å². The molecule has 0 bridgehead atoms. The van der Waals surface area contributed by atoms with Crippen molar-refractivity contribution in [2.24, 2.45) is 0 Å². The number of nitrogens with zero attached hydrogens (tertiary/aromatic N) is 1. The Morgan fingerprint density at radius 1 is 0.897 bits per heavy atom. The maximum absolute atomic E-state index is 12.7. The van der Waals surface area contributed by atoms with Crippen LogP contribution in [0.3, 0.4) is 0 Å². The Morgan fingerprint density at radius 2 is 1.66 bits per heavy atom. The first-order valence-corrected chi connectivity index (χ1v) is 8.87. The van der Waals surface area contributed by atoms with Gasteiger partial charge in [-0.2, -0.15) is 0 Å². The molecule has 2 aromatic carbocycles. The predicted molar refractivity (Wildman–Crippen MR) is 111 cm³/mol. The summed E-state index contributed by atoms with van der Waals surface area (Å²) >= 11 is 0. The van der Waals surface area contributed by atoms with Crippen LogP contribution in [0.2, 0.25) is 0 Å². The molecule has 0 aliphatic heterocycles. The van der Waals surface area contributed by atoms with Crippen molar-refractivity contribution in [1.82, 2.24) is 4.98 Å². The molecule has 0 aliphatic rings.